The number of carbonyl (C=O) groups excluding carboxylic acids is 3. The fourth-order valence-electron chi connectivity index (χ4n) is 11.7. The second-order valence-electron chi connectivity index (χ2n) is 24.9. The second-order valence-corrected chi connectivity index (χ2v) is 26.5. The average Bonchev–Trinajstić information content (AvgIpc) is 1.63. The molecule has 0 atom stereocenters. The maximum atomic E-state index is 14.0. The van der Waals surface area contributed by atoms with E-state index in [0.717, 1.165) is 104 Å². The lowest BCUT2D eigenvalue weighted by Gasteiger charge is -2.32. The van der Waals surface area contributed by atoms with Crippen molar-refractivity contribution in [2.24, 2.45) is 14.1 Å². The summed E-state index contributed by atoms with van der Waals surface area (Å²) in [5.41, 5.74) is 7.10. The molecule has 516 valence electrons. The van der Waals surface area contributed by atoms with Crippen LogP contribution in [0.2, 0.25) is 20.4 Å². The largest absolute Gasteiger partial charge is 0.496 e. The number of aromatic nitrogens is 17. The van der Waals surface area contributed by atoms with Gasteiger partial charge in [0.25, 0.3) is 17.7 Å². The summed E-state index contributed by atoms with van der Waals surface area (Å²) in [6.07, 6.45) is 19.3. The Hall–Kier alpha value is -9.98. The normalized spacial score (nSPS) is 15.7. The standard InChI is InChI=1S/C24H21ClFN9O.C16H16ClN7O.C14H21BN2O3.C12H10Cl2N4O/c1-33-20(7-8-28-33)29-24-27-12-16(25)22(30-24)15-11-18-23-32-31-21(35(23)10-4-9-34(18)13-15)14-36-19-6-3-2-5-17(19)26;1-23-13(3-5-20-23)21-16-19-8-11(17)14(22-16)10-7-12-15(25)18-4-2-6-24(12)9-10;1-13(2)14(3,4)20-15(19-13)10-8-11-12(18)16-6-5-7-17(11)9-10;13-8-5-16-12(14)17-10(8)7-4-9-11(19)15-2-1-3-18(9)6-7/h2-3,5-8,11-13H,4,9-10,14H2,1H3,(H,27,29,30);3,5,7-9H,2,4,6H2,1H3,(H,18,25)(H,19,21,22);8-9H,5-7H2,1-4H3,(H,16,18);4-6H,1-3H2,(H,15,19). The van der Waals surface area contributed by atoms with Gasteiger partial charge in [-0.2, -0.15) is 10.2 Å². The lowest BCUT2D eigenvalue weighted by molar-refractivity contribution is 0.00578. The maximum absolute atomic E-state index is 14.0. The van der Waals surface area contributed by atoms with Crippen molar-refractivity contribution in [3.05, 3.63) is 166 Å². The summed E-state index contributed by atoms with van der Waals surface area (Å²) < 4.78 is 45.0. The molecule has 0 radical (unpaired) electrons. The monoisotopic (exact) mass is 1430 g/mol. The van der Waals surface area contributed by atoms with Crippen LogP contribution in [0.3, 0.4) is 0 Å². The van der Waals surface area contributed by atoms with E-state index in [9.17, 15) is 18.8 Å². The van der Waals surface area contributed by atoms with Crippen molar-refractivity contribution in [2.75, 3.05) is 30.3 Å². The van der Waals surface area contributed by atoms with Crippen LogP contribution in [0.25, 0.3) is 45.3 Å². The van der Waals surface area contributed by atoms with Gasteiger partial charge in [-0.25, -0.2) is 34.3 Å². The van der Waals surface area contributed by atoms with Gasteiger partial charge in [-0.3, -0.25) is 23.7 Å². The number of ether oxygens (including phenoxy) is 1. The van der Waals surface area contributed by atoms with Crippen LogP contribution in [0.4, 0.5) is 27.9 Å². The number of nitrogens with zero attached hydrogens (tertiary/aromatic N) is 17. The van der Waals surface area contributed by atoms with Crippen molar-refractivity contribution in [2.45, 2.75) is 104 Å². The number of nitrogens with one attached hydrogen (secondary N) is 5. The summed E-state index contributed by atoms with van der Waals surface area (Å²) in [6.45, 7) is 14.2. The molecule has 0 saturated carbocycles. The van der Waals surface area contributed by atoms with Crippen molar-refractivity contribution in [3.63, 3.8) is 0 Å². The molecule has 10 aromatic heterocycles. The van der Waals surface area contributed by atoms with Gasteiger partial charge >= 0.3 is 7.12 Å². The highest BCUT2D eigenvalue weighted by Crippen LogP contribution is 2.38. The molecule has 100 heavy (non-hydrogen) atoms. The predicted octanol–water partition coefficient (Wildman–Crippen LogP) is 9.97. The smallest absolute Gasteiger partial charge is 0.483 e. The minimum absolute atomic E-state index is 0.0229. The zero-order valence-corrected chi connectivity index (χ0v) is 58.2. The van der Waals surface area contributed by atoms with Gasteiger partial charge in [0.1, 0.15) is 35.3 Å². The van der Waals surface area contributed by atoms with Crippen molar-refractivity contribution in [1.29, 1.82) is 0 Å². The van der Waals surface area contributed by atoms with Crippen LogP contribution in [0, 0.1) is 5.82 Å². The minimum atomic E-state index is -0.411. The number of carbonyl (C=O) groups is 3. The highest BCUT2D eigenvalue weighted by Gasteiger charge is 2.52. The number of hydrogen-bond donors (Lipinski definition) is 5. The molecule has 3 amide bonds. The number of aryl methyl sites for hydroxylation is 6. The van der Waals surface area contributed by atoms with Crippen molar-refractivity contribution in [1.82, 2.24) is 98.4 Å². The first-order chi connectivity index (χ1) is 48.1. The molecule has 0 aliphatic carbocycles. The fraction of sp³-hybridized carbons (Fsp3) is 0.318. The van der Waals surface area contributed by atoms with E-state index >= 15 is 0 Å². The Labute approximate surface area is 593 Å². The number of benzene rings is 1. The van der Waals surface area contributed by atoms with Gasteiger partial charge in [0, 0.05) is 126 Å². The molecule has 5 aliphatic rings. The number of hydrogen-bond acceptors (Lipinski definition) is 18. The lowest BCUT2D eigenvalue weighted by Crippen LogP contribution is -2.41. The van der Waals surface area contributed by atoms with E-state index in [4.69, 9.17) is 60.4 Å². The SMILES string of the molecule is CC1(C)OB(c2cc3n(c2)CCCNC3=O)OC1(C)C.Cn1nccc1Nc1ncc(Cl)c(-c2cc3n(c2)CCCNC3=O)n1.Cn1nccc1Nc1ncc(Cl)c(-c2cc3n(c2)CCCn2c(COc4ccccc4F)nnc2-3)n1.O=C1NCCCn2cc(-c3nc(Cl)ncc3Cl)cc21. The highest BCUT2D eigenvalue weighted by molar-refractivity contribution is 6.62. The van der Waals surface area contributed by atoms with E-state index in [0.29, 0.717) is 85.9 Å². The zero-order chi connectivity index (χ0) is 70.0. The zero-order valence-electron chi connectivity index (χ0n) is 55.2. The van der Waals surface area contributed by atoms with Gasteiger partial charge in [-0.15, -0.1) is 10.2 Å². The molecule has 0 unspecified atom stereocenters. The molecule has 16 rings (SSSR count). The molecule has 1 aromatic carbocycles. The number of amides is 3. The maximum Gasteiger partial charge on any atom is 0.496 e. The van der Waals surface area contributed by atoms with Gasteiger partial charge in [-0.05, 0) is 101 Å². The third-order valence-corrected chi connectivity index (χ3v) is 18.6. The first-order valence-corrected chi connectivity index (χ1v) is 33.7. The van der Waals surface area contributed by atoms with Gasteiger partial charge in [0.15, 0.2) is 23.2 Å². The number of anilines is 4. The molecule has 0 bridgehead atoms. The van der Waals surface area contributed by atoms with Gasteiger partial charge < -0.3 is 63.5 Å². The Morgan fingerprint density at radius 1 is 0.570 bits per heavy atom. The second kappa shape index (κ2) is 29.1. The predicted molar refractivity (Wildman–Crippen MR) is 375 cm³/mol. The Bertz CT molecular complexity index is 4850. The summed E-state index contributed by atoms with van der Waals surface area (Å²) >= 11 is 24.6. The molecule has 0 spiro atoms. The van der Waals surface area contributed by atoms with Crippen LogP contribution in [0.1, 0.15) is 90.7 Å². The Balaban J connectivity index is 0.000000124. The number of halogens is 5. The molecule has 1 fully saturated rings. The van der Waals surface area contributed by atoms with Crippen molar-refractivity contribution in [3.8, 4) is 51.0 Å². The van der Waals surface area contributed by atoms with E-state index in [1.54, 1.807) is 58.4 Å². The van der Waals surface area contributed by atoms with Crippen LogP contribution in [0.5, 0.6) is 5.75 Å². The topological polar surface area (TPSA) is 302 Å². The first kappa shape index (κ1) is 68.5. The molecule has 28 nitrogen and oxygen atoms in total. The van der Waals surface area contributed by atoms with Gasteiger partial charge in [0.2, 0.25) is 17.2 Å². The molecular weight excluding hydrogens is 1370 g/mol. The Kier molecular flexibility index (Phi) is 19.9. The number of rotatable bonds is 11. The van der Waals surface area contributed by atoms with Crippen LogP contribution in [0.15, 0.2) is 116 Å². The molecule has 34 heteroatoms. The highest BCUT2D eigenvalue weighted by atomic mass is 35.5. The van der Waals surface area contributed by atoms with Crippen molar-refractivity contribution >= 4 is 100 Å². The van der Waals surface area contributed by atoms with E-state index in [2.05, 4.69) is 81.4 Å². The third-order valence-electron chi connectivity index (χ3n) is 17.6. The fourth-order valence-corrected chi connectivity index (χ4v) is 12.4. The van der Waals surface area contributed by atoms with E-state index in [1.807, 2.05) is 115 Å². The van der Waals surface area contributed by atoms with Crippen LogP contribution >= 0.6 is 46.4 Å². The molecule has 5 N–H and O–H groups in total. The number of para-hydroxylation sites is 1. The van der Waals surface area contributed by atoms with Crippen LogP contribution in [-0.4, -0.2) is 138 Å². The van der Waals surface area contributed by atoms with Crippen LogP contribution in [-0.2, 0) is 62.7 Å². The first-order valence-electron chi connectivity index (χ1n) is 32.2. The lowest BCUT2D eigenvalue weighted by atomic mass is 9.81. The van der Waals surface area contributed by atoms with Gasteiger partial charge in [0.05, 0.1) is 80.0 Å². The minimum Gasteiger partial charge on any atom is -0.483 e. The molecule has 5 aliphatic heterocycles. The summed E-state index contributed by atoms with van der Waals surface area (Å²) in [6, 6.07) is 17.4. The Morgan fingerprint density at radius 2 is 1.03 bits per heavy atom. The summed E-state index contributed by atoms with van der Waals surface area (Å²) in [7, 11) is 3.24. The third kappa shape index (κ3) is 14.8. The van der Waals surface area contributed by atoms with E-state index in [-0.39, 0.29) is 46.6 Å². The van der Waals surface area contributed by atoms with E-state index in [1.165, 1.54) is 12.3 Å². The quantitative estimate of drug-likeness (QED) is 0.0594. The Morgan fingerprint density at radius 3 is 1.54 bits per heavy atom. The average molecular weight is 1440 g/mol. The van der Waals surface area contributed by atoms with Crippen molar-refractivity contribution < 1.29 is 32.8 Å². The van der Waals surface area contributed by atoms with E-state index < -0.39 is 12.9 Å². The molecule has 11 aromatic rings. The summed E-state index contributed by atoms with van der Waals surface area (Å²) in [5, 5.41) is 33.3. The molecule has 15 heterocycles. The summed E-state index contributed by atoms with van der Waals surface area (Å²) in [4.78, 5) is 61.6. The molecular formula is C66H68BCl4FN22O6. The molecule has 1 saturated heterocycles. The summed E-state index contributed by atoms with van der Waals surface area (Å²) in [5.74, 6) is 3.27. The van der Waals surface area contributed by atoms with Gasteiger partial charge in [-0.1, -0.05) is 46.9 Å². The van der Waals surface area contributed by atoms with Crippen LogP contribution < -0.4 is 36.8 Å². The number of fused-ring (bicyclic) bond motifs is 6.